The zero-order valence-electron chi connectivity index (χ0n) is 15.1. The van der Waals surface area contributed by atoms with Crippen LogP contribution < -0.4 is 5.32 Å². The van der Waals surface area contributed by atoms with Crippen molar-refractivity contribution in [3.05, 3.63) is 54.1 Å². The fourth-order valence-corrected chi connectivity index (χ4v) is 2.55. The van der Waals surface area contributed by atoms with Crippen molar-refractivity contribution in [1.82, 2.24) is 19.8 Å². The molecule has 0 aliphatic heterocycles. The molecule has 2 aromatic rings. The van der Waals surface area contributed by atoms with Crippen LogP contribution in [0.5, 0.6) is 0 Å². The van der Waals surface area contributed by atoms with E-state index in [1.165, 1.54) is 24.0 Å². The predicted molar refractivity (Wildman–Crippen MR) is 100 cm³/mol. The van der Waals surface area contributed by atoms with Crippen LogP contribution in [0.1, 0.15) is 37.8 Å². The Kier molecular flexibility index (Phi) is 7.33. The summed E-state index contributed by atoms with van der Waals surface area (Å²) in [7, 11) is 2.10. The molecule has 2 rings (SSSR count). The van der Waals surface area contributed by atoms with Gasteiger partial charge in [0.1, 0.15) is 0 Å². The normalized spacial score (nSPS) is 11.5. The zero-order chi connectivity index (χ0) is 17.2. The molecule has 0 fully saturated rings. The summed E-state index contributed by atoms with van der Waals surface area (Å²) >= 11 is 0. The Hall–Kier alpha value is -2.30. The van der Waals surface area contributed by atoms with Gasteiger partial charge < -0.3 is 14.8 Å². The van der Waals surface area contributed by atoms with E-state index in [1.54, 1.807) is 0 Å². The number of unbranched alkanes of at least 4 members (excludes halogenated alkanes) is 1. The van der Waals surface area contributed by atoms with Crippen LogP contribution in [-0.4, -0.2) is 40.5 Å². The first kappa shape index (κ1) is 18.0. The molecular weight excluding hydrogens is 298 g/mol. The first-order valence-corrected chi connectivity index (χ1v) is 8.76. The number of aromatic nitrogens is 2. The highest BCUT2D eigenvalue weighted by Crippen LogP contribution is 2.09. The third kappa shape index (κ3) is 5.72. The number of benzene rings is 1. The van der Waals surface area contributed by atoms with E-state index in [2.05, 4.69) is 64.9 Å². The number of hydrogen-bond donors (Lipinski definition) is 1. The summed E-state index contributed by atoms with van der Waals surface area (Å²) in [4.78, 5) is 11.1. The average Bonchev–Trinajstić information content (AvgIpc) is 3.09. The van der Waals surface area contributed by atoms with Crippen molar-refractivity contribution in [3.63, 3.8) is 0 Å². The van der Waals surface area contributed by atoms with Crippen LogP contribution in [0.3, 0.4) is 0 Å². The Morgan fingerprint density at radius 3 is 2.83 bits per heavy atom. The maximum Gasteiger partial charge on any atom is 0.193 e. The Balaban J connectivity index is 2.02. The van der Waals surface area contributed by atoms with E-state index in [1.807, 2.05) is 18.7 Å². The second-order valence-electron chi connectivity index (χ2n) is 6.00. The van der Waals surface area contributed by atoms with E-state index in [9.17, 15) is 0 Å². The summed E-state index contributed by atoms with van der Waals surface area (Å²) in [6.07, 6.45) is 8.01. The van der Waals surface area contributed by atoms with Gasteiger partial charge in [-0.15, -0.1) is 0 Å². The van der Waals surface area contributed by atoms with Gasteiger partial charge in [-0.2, -0.15) is 0 Å². The van der Waals surface area contributed by atoms with Crippen molar-refractivity contribution >= 4 is 5.96 Å². The second kappa shape index (κ2) is 9.75. The van der Waals surface area contributed by atoms with Gasteiger partial charge in [-0.1, -0.05) is 37.6 Å². The molecule has 24 heavy (non-hydrogen) atoms. The molecule has 0 radical (unpaired) electrons. The minimum atomic E-state index is 0.691. The van der Waals surface area contributed by atoms with Gasteiger partial charge in [0.2, 0.25) is 0 Å². The Labute approximate surface area is 145 Å². The van der Waals surface area contributed by atoms with Crippen molar-refractivity contribution in [2.45, 2.75) is 39.8 Å². The van der Waals surface area contributed by atoms with Crippen molar-refractivity contribution in [2.75, 3.05) is 20.1 Å². The molecular formula is C19H29N5. The van der Waals surface area contributed by atoms with Gasteiger partial charge in [0.05, 0.1) is 12.9 Å². The Morgan fingerprint density at radius 1 is 1.29 bits per heavy atom. The molecule has 0 saturated heterocycles. The number of hydrogen-bond acceptors (Lipinski definition) is 2. The highest BCUT2D eigenvalue weighted by atomic mass is 15.3. The van der Waals surface area contributed by atoms with Crippen LogP contribution >= 0.6 is 0 Å². The Bertz CT molecular complexity index is 618. The first-order valence-electron chi connectivity index (χ1n) is 8.76. The van der Waals surface area contributed by atoms with Crippen LogP contribution in [0.25, 0.3) is 0 Å². The summed E-state index contributed by atoms with van der Waals surface area (Å²) in [5.74, 6) is 0.978. The quantitative estimate of drug-likeness (QED) is 0.598. The summed E-state index contributed by atoms with van der Waals surface area (Å²) in [6.45, 7) is 7.77. The molecule has 1 aromatic carbocycles. The molecule has 1 aromatic heterocycles. The van der Waals surface area contributed by atoms with E-state index in [0.29, 0.717) is 6.54 Å². The van der Waals surface area contributed by atoms with E-state index in [4.69, 9.17) is 4.99 Å². The molecule has 0 aliphatic carbocycles. The topological polar surface area (TPSA) is 45.5 Å². The first-order chi connectivity index (χ1) is 11.7. The number of nitrogens with one attached hydrogen (secondary N) is 1. The highest BCUT2D eigenvalue weighted by molar-refractivity contribution is 5.79. The van der Waals surface area contributed by atoms with Crippen LogP contribution in [-0.2, 0) is 13.1 Å². The van der Waals surface area contributed by atoms with Crippen LogP contribution in [0.15, 0.2) is 48.0 Å². The lowest BCUT2D eigenvalue weighted by molar-refractivity contribution is 0.465. The van der Waals surface area contributed by atoms with Crippen molar-refractivity contribution < 1.29 is 0 Å². The minimum absolute atomic E-state index is 0.691. The monoisotopic (exact) mass is 327 g/mol. The maximum atomic E-state index is 4.79. The lowest BCUT2D eigenvalue weighted by Gasteiger charge is -2.21. The summed E-state index contributed by atoms with van der Waals surface area (Å²) in [5, 5.41) is 3.38. The van der Waals surface area contributed by atoms with Gasteiger partial charge in [-0.3, -0.25) is 0 Å². The van der Waals surface area contributed by atoms with E-state index in [-0.39, 0.29) is 0 Å². The van der Waals surface area contributed by atoms with Gasteiger partial charge in [0, 0.05) is 39.1 Å². The van der Waals surface area contributed by atoms with E-state index >= 15 is 0 Å². The van der Waals surface area contributed by atoms with Gasteiger partial charge in [-0.05, 0) is 24.5 Å². The summed E-state index contributed by atoms with van der Waals surface area (Å²) in [5.41, 5.74) is 2.50. The largest absolute Gasteiger partial charge is 0.357 e. The molecule has 5 nitrogen and oxygen atoms in total. The molecule has 1 heterocycles. The van der Waals surface area contributed by atoms with Gasteiger partial charge >= 0.3 is 0 Å². The van der Waals surface area contributed by atoms with E-state index < -0.39 is 0 Å². The molecule has 0 bridgehead atoms. The number of rotatable bonds is 8. The SMILES string of the molecule is CCCCN(C)C(=NCc1cccc(Cn2ccnc2)c1)NCC. The van der Waals surface area contributed by atoms with Gasteiger partial charge in [0.25, 0.3) is 0 Å². The molecule has 5 heteroatoms. The van der Waals surface area contributed by atoms with Gasteiger partial charge in [-0.25, -0.2) is 9.98 Å². The lowest BCUT2D eigenvalue weighted by atomic mass is 10.1. The van der Waals surface area contributed by atoms with Gasteiger partial charge in [0.15, 0.2) is 5.96 Å². The van der Waals surface area contributed by atoms with Crippen molar-refractivity contribution in [2.24, 2.45) is 4.99 Å². The predicted octanol–water partition coefficient (Wildman–Crippen LogP) is 3.13. The average molecular weight is 327 g/mol. The third-order valence-electron chi connectivity index (χ3n) is 3.87. The third-order valence-corrected chi connectivity index (χ3v) is 3.87. The van der Waals surface area contributed by atoms with E-state index in [0.717, 1.165) is 25.6 Å². The fraction of sp³-hybridized carbons (Fsp3) is 0.474. The molecule has 0 spiro atoms. The molecule has 0 atom stereocenters. The zero-order valence-corrected chi connectivity index (χ0v) is 15.1. The Morgan fingerprint density at radius 2 is 2.12 bits per heavy atom. The molecule has 0 amide bonds. The number of imidazole rings is 1. The molecule has 0 unspecified atom stereocenters. The van der Waals surface area contributed by atoms with Crippen LogP contribution in [0, 0.1) is 0 Å². The lowest BCUT2D eigenvalue weighted by Crippen LogP contribution is -2.39. The highest BCUT2D eigenvalue weighted by Gasteiger charge is 2.05. The number of nitrogens with zero attached hydrogens (tertiary/aromatic N) is 4. The standard InChI is InChI=1S/C19H29N5/c1-4-6-11-23(3)19(21-5-2)22-14-17-8-7-9-18(13-17)15-24-12-10-20-16-24/h7-10,12-13,16H,4-6,11,14-15H2,1-3H3,(H,21,22). The smallest absolute Gasteiger partial charge is 0.193 e. The number of aliphatic imine (C=N–C) groups is 1. The van der Waals surface area contributed by atoms with Crippen molar-refractivity contribution in [3.8, 4) is 0 Å². The summed E-state index contributed by atoms with van der Waals surface area (Å²) in [6, 6.07) is 8.60. The van der Waals surface area contributed by atoms with Crippen LogP contribution in [0.2, 0.25) is 0 Å². The molecule has 1 N–H and O–H groups in total. The summed E-state index contributed by atoms with van der Waals surface area (Å²) < 4.78 is 2.07. The number of guanidine groups is 1. The maximum absolute atomic E-state index is 4.79. The second-order valence-corrected chi connectivity index (χ2v) is 6.00. The molecule has 0 saturated carbocycles. The van der Waals surface area contributed by atoms with Crippen LogP contribution in [0.4, 0.5) is 0 Å². The molecule has 130 valence electrons. The minimum Gasteiger partial charge on any atom is -0.357 e. The van der Waals surface area contributed by atoms with Crippen molar-refractivity contribution in [1.29, 1.82) is 0 Å². The molecule has 0 aliphatic rings. The fourth-order valence-electron chi connectivity index (χ4n) is 2.55.